The number of primary amides is 1. The van der Waals surface area contributed by atoms with Crippen molar-refractivity contribution in [1.82, 2.24) is 42.2 Å². The topological polar surface area (TPSA) is 422 Å². The van der Waals surface area contributed by atoms with Gasteiger partial charge in [0.05, 0.1) is 12.5 Å². The number of carbonyl (C=O) groups excluding carboxylic acids is 7. The van der Waals surface area contributed by atoms with Crippen LogP contribution in [0.4, 0.5) is 0 Å². The SMILES string of the molecule is CC(C)C[C@H](NC(=O)[C@H](CCCNC(=N)N)NC(=O)[C@H](CC(C)C)NC(=O)[C@H](CCC(=O)O)NC(=O)[C@H](Cc1c[nH]c2ccccc12)NC(=O)[C@@H](N)CC(N)=O)C(=O)N[C@@H](CCCCN)C(=O)O. The Hall–Kier alpha value is -6.82. The predicted molar refractivity (Wildman–Crippen MR) is 251 cm³/mol. The van der Waals surface area contributed by atoms with Crippen LogP contribution in [0.1, 0.15) is 97.5 Å². The molecule has 378 valence electrons. The van der Waals surface area contributed by atoms with Crippen molar-refractivity contribution in [3.63, 3.8) is 0 Å². The van der Waals surface area contributed by atoms with Crippen molar-refractivity contribution in [3.05, 3.63) is 36.0 Å². The second-order valence-corrected chi connectivity index (χ2v) is 17.5. The Bertz CT molecular complexity index is 2060. The fraction of sp³-hybridized carbons (Fsp3) is 0.591. The molecule has 0 unspecified atom stereocenters. The van der Waals surface area contributed by atoms with Crippen LogP contribution in [0.3, 0.4) is 0 Å². The summed E-state index contributed by atoms with van der Waals surface area (Å²) < 4.78 is 0. The Balaban J connectivity index is 2.45. The summed E-state index contributed by atoms with van der Waals surface area (Å²) in [6.07, 6.45) is 1.15. The van der Waals surface area contributed by atoms with E-state index in [9.17, 15) is 53.4 Å². The van der Waals surface area contributed by atoms with Crippen LogP contribution < -0.4 is 60.2 Å². The zero-order valence-electron chi connectivity index (χ0n) is 39.2. The summed E-state index contributed by atoms with van der Waals surface area (Å²) in [5.41, 5.74) is 23.4. The van der Waals surface area contributed by atoms with Crippen LogP contribution in [-0.2, 0) is 49.6 Å². The zero-order chi connectivity index (χ0) is 51.1. The molecule has 68 heavy (non-hydrogen) atoms. The molecular weight excluding hydrogens is 887 g/mol. The molecule has 24 heteroatoms. The number of unbranched alkanes of at least 4 members (excludes halogenated alkanes) is 1. The van der Waals surface area contributed by atoms with E-state index in [0.29, 0.717) is 30.3 Å². The van der Waals surface area contributed by atoms with Crippen LogP contribution in [0.5, 0.6) is 0 Å². The highest BCUT2D eigenvalue weighted by atomic mass is 16.4. The Morgan fingerprint density at radius 3 is 1.65 bits per heavy atom. The van der Waals surface area contributed by atoms with Gasteiger partial charge in [-0.1, -0.05) is 45.9 Å². The monoisotopic (exact) mass is 958 g/mol. The van der Waals surface area contributed by atoms with Crippen LogP contribution in [-0.4, -0.2) is 130 Å². The molecule has 0 radical (unpaired) electrons. The van der Waals surface area contributed by atoms with Crippen LogP contribution in [0.2, 0.25) is 0 Å². The Kier molecular flexibility index (Phi) is 24.5. The number of nitrogens with one attached hydrogen (secondary N) is 9. The lowest BCUT2D eigenvalue weighted by Gasteiger charge is -2.28. The number of benzene rings is 1. The molecule has 0 saturated heterocycles. The number of nitrogens with two attached hydrogens (primary N) is 4. The average molecular weight is 958 g/mol. The summed E-state index contributed by atoms with van der Waals surface area (Å²) in [6, 6.07) is -2.50. The molecule has 1 aromatic carbocycles. The van der Waals surface area contributed by atoms with Crippen molar-refractivity contribution in [2.24, 2.45) is 34.8 Å². The first-order valence-electron chi connectivity index (χ1n) is 22.7. The lowest BCUT2D eigenvalue weighted by Crippen LogP contribution is -2.60. The number of rotatable bonds is 32. The molecule has 1 heterocycles. The lowest BCUT2D eigenvalue weighted by molar-refractivity contribution is -0.142. The number of carboxylic acids is 2. The number of carbonyl (C=O) groups is 9. The van der Waals surface area contributed by atoms with Crippen molar-refractivity contribution < 1.29 is 53.4 Å². The Morgan fingerprint density at radius 1 is 0.647 bits per heavy atom. The number of para-hydroxylation sites is 1. The summed E-state index contributed by atoms with van der Waals surface area (Å²) in [7, 11) is 0. The number of guanidine groups is 1. The first kappa shape index (κ1) is 57.3. The minimum Gasteiger partial charge on any atom is -0.481 e. The molecule has 2 rings (SSSR count). The molecule has 0 saturated carbocycles. The quantitative estimate of drug-likeness (QED) is 0.0220. The number of amides is 7. The van der Waals surface area contributed by atoms with E-state index in [-0.39, 0.29) is 62.9 Å². The van der Waals surface area contributed by atoms with Gasteiger partial charge in [-0.25, -0.2) is 4.79 Å². The highest BCUT2D eigenvalue weighted by molar-refractivity contribution is 5.98. The minimum atomic E-state index is -1.58. The Labute approximate surface area is 394 Å². The van der Waals surface area contributed by atoms with Gasteiger partial charge in [0, 0.05) is 36.5 Å². The number of aromatic amines is 1. The van der Waals surface area contributed by atoms with E-state index in [4.69, 9.17) is 28.3 Å². The fourth-order valence-electron chi connectivity index (χ4n) is 7.17. The summed E-state index contributed by atoms with van der Waals surface area (Å²) in [5.74, 6) is -9.41. The molecule has 0 aliphatic carbocycles. The van der Waals surface area contributed by atoms with Gasteiger partial charge in [0.25, 0.3) is 0 Å². The molecule has 7 amide bonds. The molecule has 1 aromatic heterocycles. The molecule has 24 nitrogen and oxygen atoms in total. The molecule has 19 N–H and O–H groups in total. The van der Waals surface area contributed by atoms with Gasteiger partial charge in [0.15, 0.2) is 5.96 Å². The number of hydrogen-bond donors (Lipinski definition) is 15. The second kappa shape index (κ2) is 29.0. The van der Waals surface area contributed by atoms with Crippen molar-refractivity contribution in [1.29, 1.82) is 5.41 Å². The van der Waals surface area contributed by atoms with Crippen LogP contribution >= 0.6 is 0 Å². The molecule has 0 fully saturated rings. The van der Waals surface area contributed by atoms with Crippen molar-refractivity contribution >= 4 is 70.2 Å². The lowest BCUT2D eigenvalue weighted by atomic mass is 9.99. The fourth-order valence-corrected chi connectivity index (χ4v) is 7.17. The molecule has 0 aliphatic rings. The standard InChI is InChI=1S/C44H71N13O11/c1-23(2)18-32(40(64)52-29(13-9-17-50-44(48)49)38(62)56-33(19-24(3)4)41(65)54-31(43(67)68)12-7-8-16-45)57-39(63)30(14-15-36(59)60)53-42(66)34(55-37(61)27(46)21-35(47)58)20-25-22-51-28-11-6-5-10-26(25)28/h5-6,10-11,22-24,27,29-34,51H,7-9,12-21,45-46H2,1-4H3,(H2,47,58)(H,52,64)(H,53,66)(H,54,65)(H,55,61)(H,56,62)(H,57,63)(H,59,60)(H,67,68)(H4,48,49,50)/t27-,29-,30-,31-,32-,33-,34-/m0/s1. The predicted octanol–water partition coefficient (Wildman–Crippen LogP) is -1.74. The van der Waals surface area contributed by atoms with Gasteiger partial charge in [-0.3, -0.25) is 43.8 Å². The maximum Gasteiger partial charge on any atom is 0.326 e. The van der Waals surface area contributed by atoms with Crippen molar-refractivity contribution in [3.8, 4) is 0 Å². The normalized spacial score (nSPS) is 14.3. The number of fused-ring (bicyclic) bond motifs is 1. The number of aromatic nitrogens is 1. The van der Waals surface area contributed by atoms with Gasteiger partial charge in [-0.15, -0.1) is 0 Å². The Morgan fingerprint density at radius 2 is 1.13 bits per heavy atom. The summed E-state index contributed by atoms with van der Waals surface area (Å²) in [5, 5.41) is 45.6. The van der Waals surface area contributed by atoms with Gasteiger partial charge >= 0.3 is 11.9 Å². The maximum absolute atomic E-state index is 14.2. The highest BCUT2D eigenvalue weighted by Crippen LogP contribution is 2.20. The van der Waals surface area contributed by atoms with Gasteiger partial charge in [0.1, 0.15) is 36.3 Å². The van der Waals surface area contributed by atoms with E-state index in [1.54, 1.807) is 58.2 Å². The number of hydrogen-bond acceptors (Lipinski definition) is 12. The number of aliphatic carboxylic acids is 2. The van der Waals surface area contributed by atoms with Gasteiger partial charge in [-0.05, 0) is 81.4 Å². The third-order valence-corrected chi connectivity index (χ3v) is 10.6. The van der Waals surface area contributed by atoms with Gasteiger partial charge in [0.2, 0.25) is 41.4 Å². The smallest absolute Gasteiger partial charge is 0.326 e. The highest BCUT2D eigenvalue weighted by Gasteiger charge is 2.35. The van der Waals surface area contributed by atoms with Gasteiger partial charge in [-0.2, -0.15) is 0 Å². The van der Waals surface area contributed by atoms with Crippen LogP contribution in [0.15, 0.2) is 30.5 Å². The summed E-state index contributed by atoms with van der Waals surface area (Å²) >= 11 is 0. The van der Waals surface area contributed by atoms with Gasteiger partial charge < -0.3 is 75.3 Å². The van der Waals surface area contributed by atoms with E-state index in [1.165, 1.54) is 0 Å². The largest absolute Gasteiger partial charge is 0.481 e. The third kappa shape index (κ3) is 20.8. The second-order valence-electron chi connectivity index (χ2n) is 17.5. The first-order chi connectivity index (χ1) is 32.0. The molecule has 0 aliphatic heterocycles. The molecule has 0 bridgehead atoms. The van der Waals surface area contributed by atoms with E-state index in [1.807, 2.05) is 0 Å². The van der Waals surface area contributed by atoms with E-state index >= 15 is 0 Å². The average Bonchev–Trinajstić information content (AvgIpc) is 3.66. The molecule has 2 aromatic rings. The zero-order valence-corrected chi connectivity index (χ0v) is 39.2. The third-order valence-electron chi connectivity index (χ3n) is 10.6. The number of carboxylic acid groups (broad SMARTS) is 2. The van der Waals surface area contributed by atoms with E-state index < -0.39 is 115 Å². The summed E-state index contributed by atoms with van der Waals surface area (Å²) in [6.45, 7) is 7.54. The van der Waals surface area contributed by atoms with Crippen molar-refractivity contribution in [2.45, 2.75) is 141 Å². The van der Waals surface area contributed by atoms with E-state index in [0.717, 1.165) is 5.52 Å². The van der Waals surface area contributed by atoms with Crippen LogP contribution in [0, 0.1) is 17.2 Å². The maximum atomic E-state index is 14.2. The van der Waals surface area contributed by atoms with Crippen molar-refractivity contribution in [2.75, 3.05) is 13.1 Å². The molecule has 7 atom stereocenters. The molecule has 0 spiro atoms. The first-order valence-corrected chi connectivity index (χ1v) is 22.7. The van der Waals surface area contributed by atoms with E-state index in [2.05, 4.69) is 42.2 Å². The molecular formula is C44H71N13O11. The minimum absolute atomic E-state index is 0.00644. The summed E-state index contributed by atoms with van der Waals surface area (Å²) in [4.78, 5) is 121. The van der Waals surface area contributed by atoms with Crippen LogP contribution in [0.25, 0.3) is 10.9 Å². The number of H-pyrrole nitrogens is 1.